The van der Waals surface area contributed by atoms with Gasteiger partial charge in [0.25, 0.3) is 5.91 Å². The van der Waals surface area contributed by atoms with Gasteiger partial charge >= 0.3 is 0 Å². The van der Waals surface area contributed by atoms with Gasteiger partial charge in [0.1, 0.15) is 5.69 Å². The number of nitrogens with one attached hydrogen (secondary N) is 1. The Hall–Kier alpha value is -3.02. The number of hydrogen-bond donors (Lipinski definition) is 1. The van der Waals surface area contributed by atoms with Crippen molar-refractivity contribution in [2.45, 2.75) is 6.92 Å². The highest BCUT2D eigenvalue weighted by atomic mass is 16.2. The molecule has 0 aliphatic carbocycles. The van der Waals surface area contributed by atoms with Crippen LogP contribution in [0.15, 0.2) is 55.0 Å². The molecule has 2 aromatic heterocycles. The number of amides is 1. The Balaban J connectivity index is 1.78. The molecule has 0 radical (unpaired) electrons. The third kappa shape index (κ3) is 3.01. The molecule has 1 amide bonds. The number of pyridine rings is 1. The number of carbonyl (C=O) groups excluding carboxylic acids is 1. The van der Waals surface area contributed by atoms with Gasteiger partial charge in [0, 0.05) is 18.6 Å². The van der Waals surface area contributed by atoms with Gasteiger partial charge in [0.2, 0.25) is 0 Å². The lowest BCUT2D eigenvalue weighted by Gasteiger charge is -2.21. The fraction of sp³-hybridized carbons (Fsp3) is 0.125. The Bertz CT molecular complexity index is 739. The normalized spacial score (nSPS) is 13.2. The van der Waals surface area contributed by atoms with Gasteiger partial charge in [-0.25, -0.2) is 9.97 Å². The number of aryl methyl sites for hydroxylation is 1. The lowest BCUT2D eigenvalue weighted by atomic mass is 10.2. The lowest BCUT2D eigenvalue weighted by molar-refractivity contribution is 0.0859. The van der Waals surface area contributed by atoms with Crippen molar-refractivity contribution in [2.24, 2.45) is 0 Å². The molecule has 2 aromatic rings. The minimum Gasteiger partial charge on any atom is -0.289 e. The van der Waals surface area contributed by atoms with Gasteiger partial charge in [0.05, 0.1) is 17.8 Å². The van der Waals surface area contributed by atoms with Crippen molar-refractivity contribution >= 4 is 5.91 Å². The molecule has 3 heterocycles. The number of hydrogen-bond acceptors (Lipinski definition) is 5. The average molecular weight is 293 g/mol. The molecular weight excluding hydrogens is 278 g/mol. The summed E-state index contributed by atoms with van der Waals surface area (Å²) in [5.41, 5.74) is 4.54. The topological polar surface area (TPSA) is 71.0 Å². The summed E-state index contributed by atoms with van der Waals surface area (Å²) >= 11 is 0. The van der Waals surface area contributed by atoms with E-state index < -0.39 is 0 Å². The van der Waals surface area contributed by atoms with E-state index in [0.717, 1.165) is 0 Å². The zero-order valence-electron chi connectivity index (χ0n) is 12.1. The van der Waals surface area contributed by atoms with Crippen LogP contribution >= 0.6 is 0 Å². The highest BCUT2D eigenvalue weighted by molar-refractivity contribution is 5.94. The van der Waals surface area contributed by atoms with Crippen molar-refractivity contribution in [3.63, 3.8) is 0 Å². The summed E-state index contributed by atoms with van der Waals surface area (Å²) in [7, 11) is 0. The van der Waals surface area contributed by atoms with Crippen molar-refractivity contribution in [2.75, 3.05) is 6.54 Å². The smallest absolute Gasteiger partial charge is 0.273 e. The van der Waals surface area contributed by atoms with Crippen LogP contribution in [0.1, 0.15) is 16.1 Å². The monoisotopic (exact) mass is 293 g/mol. The van der Waals surface area contributed by atoms with Crippen LogP contribution in [0.4, 0.5) is 0 Å². The molecule has 0 saturated heterocycles. The summed E-state index contributed by atoms with van der Waals surface area (Å²) in [6.07, 6.45) is 10.8. The molecule has 0 atom stereocenters. The standard InChI is InChI=1S/C16H15N5O/c1-12-13(16(22)20-21-9-5-2-6-10-21)11-18-15(19-12)14-7-3-4-8-17-14/h2-9,11H,10H2,1H3,(H,20,22). The fourth-order valence-electron chi connectivity index (χ4n) is 2.05. The van der Waals surface area contributed by atoms with Crippen LogP contribution in [0.25, 0.3) is 11.5 Å². The van der Waals surface area contributed by atoms with Gasteiger partial charge in [-0.05, 0) is 25.1 Å². The van der Waals surface area contributed by atoms with E-state index in [2.05, 4.69) is 20.4 Å². The molecule has 110 valence electrons. The average Bonchev–Trinajstić information content (AvgIpc) is 2.56. The summed E-state index contributed by atoms with van der Waals surface area (Å²) in [5.74, 6) is 0.278. The molecule has 3 rings (SSSR count). The second-order valence-corrected chi connectivity index (χ2v) is 4.77. The quantitative estimate of drug-likeness (QED) is 0.935. The summed E-state index contributed by atoms with van der Waals surface area (Å²) in [5, 5.41) is 1.70. The Morgan fingerprint density at radius 1 is 1.27 bits per heavy atom. The predicted octanol–water partition coefficient (Wildman–Crippen LogP) is 1.88. The maximum absolute atomic E-state index is 12.3. The van der Waals surface area contributed by atoms with Crippen LogP contribution in [0.5, 0.6) is 0 Å². The Labute approximate surface area is 128 Å². The Morgan fingerprint density at radius 2 is 2.18 bits per heavy atom. The van der Waals surface area contributed by atoms with Gasteiger partial charge in [0.15, 0.2) is 5.82 Å². The zero-order valence-corrected chi connectivity index (χ0v) is 12.1. The van der Waals surface area contributed by atoms with E-state index in [1.54, 1.807) is 24.3 Å². The predicted molar refractivity (Wildman–Crippen MR) is 82.5 cm³/mol. The first-order chi connectivity index (χ1) is 10.7. The van der Waals surface area contributed by atoms with E-state index in [1.807, 2.05) is 36.4 Å². The first-order valence-electron chi connectivity index (χ1n) is 6.90. The first kappa shape index (κ1) is 13.9. The molecule has 0 unspecified atom stereocenters. The second-order valence-electron chi connectivity index (χ2n) is 4.77. The van der Waals surface area contributed by atoms with Gasteiger partial charge < -0.3 is 0 Å². The van der Waals surface area contributed by atoms with E-state index in [4.69, 9.17) is 0 Å². The summed E-state index contributed by atoms with van der Waals surface area (Å²) in [4.78, 5) is 25.1. The third-order valence-electron chi connectivity index (χ3n) is 3.18. The summed E-state index contributed by atoms with van der Waals surface area (Å²) < 4.78 is 0. The number of hydrazine groups is 1. The number of allylic oxidation sites excluding steroid dienone is 2. The van der Waals surface area contributed by atoms with Crippen molar-refractivity contribution in [3.8, 4) is 11.5 Å². The van der Waals surface area contributed by atoms with E-state index in [9.17, 15) is 4.79 Å². The van der Waals surface area contributed by atoms with Gasteiger partial charge in [-0.1, -0.05) is 18.2 Å². The van der Waals surface area contributed by atoms with Crippen LogP contribution in [0.2, 0.25) is 0 Å². The fourth-order valence-corrected chi connectivity index (χ4v) is 2.05. The SMILES string of the molecule is Cc1nc(-c2ccccn2)ncc1C(=O)NN1C=CC=CC1. The molecular formula is C16H15N5O. The molecule has 0 aromatic carbocycles. The van der Waals surface area contributed by atoms with E-state index in [0.29, 0.717) is 29.3 Å². The number of rotatable bonds is 3. The highest BCUT2D eigenvalue weighted by Crippen LogP contribution is 2.13. The Kier molecular flexibility index (Phi) is 3.91. The third-order valence-corrected chi connectivity index (χ3v) is 3.18. The van der Waals surface area contributed by atoms with E-state index >= 15 is 0 Å². The number of aromatic nitrogens is 3. The van der Waals surface area contributed by atoms with Crippen molar-refractivity contribution in [1.29, 1.82) is 0 Å². The van der Waals surface area contributed by atoms with Crippen LogP contribution in [0, 0.1) is 6.92 Å². The molecule has 1 aliphatic rings. The first-order valence-corrected chi connectivity index (χ1v) is 6.90. The van der Waals surface area contributed by atoms with Crippen LogP contribution in [-0.4, -0.2) is 32.4 Å². The minimum absolute atomic E-state index is 0.231. The van der Waals surface area contributed by atoms with Crippen molar-refractivity contribution in [3.05, 3.63) is 66.3 Å². The van der Waals surface area contributed by atoms with Gasteiger partial charge in [-0.2, -0.15) is 0 Å². The summed E-state index contributed by atoms with van der Waals surface area (Å²) in [6.45, 7) is 2.42. The van der Waals surface area contributed by atoms with Crippen molar-refractivity contribution in [1.82, 2.24) is 25.4 Å². The maximum Gasteiger partial charge on any atom is 0.273 e. The molecule has 0 saturated carbocycles. The molecule has 1 aliphatic heterocycles. The second kappa shape index (κ2) is 6.17. The largest absolute Gasteiger partial charge is 0.289 e. The molecule has 6 heteroatoms. The minimum atomic E-state index is -0.231. The molecule has 1 N–H and O–H groups in total. The summed E-state index contributed by atoms with van der Waals surface area (Å²) in [6, 6.07) is 5.54. The van der Waals surface area contributed by atoms with Crippen LogP contribution in [-0.2, 0) is 0 Å². The highest BCUT2D eigenvalue weighted by Gasteiger charge is 2.14. The lowest BCUT2D eigenvalue weighted by Crippen LogP contribution is -2.39. The number of nitrogens with zero attached hydrogens (tertiary/aromatic N) is 4. The molecule has 0 fully saturated rings. The zero-order chi connectivity index (χ0) is 15.4. The molecule has 6 nitrogen and oxygen atoms in total. The number of carbonyl (C=O) groups is 1. The molecule has 0 spiro atoms. The maximum atomic E-state index is 12.3. The van der Waals surface area contributed by atoms with Gasteiger partial charge in [-0.3, -0.25) is 20.2 Å². The van der Waals surface area contributed by atoms with Crippen LogP contribution in [0.3, 0.4) is 0 Å². The Morgan fingerprint density at radius 3 is 2.86 bits per heavy atom. The van der Waals surface area contributed by atoms with Crippen LogP contribution < -0.4 is 5.43 Å². The van der Waals surface area contributed by atoms with Crippen molar-refractivity contribution < 1.29 is 4.79 Å². The molecule has 22 heavy (non-hydrogen) atoms. The molecule has 0 bridgehead atoms. The van der Waals surface area contributed by atoms with Gasteiger partial charge in [-0.15, -0.1) is 0 Å². The van der Waals surface area contributed by atoms with E-state index in [1.165, 1.54) is 6.20 Å². The van der Waals surface area contributed by atoms with E-state index in [-0.39, 0.29) is 5.91 Å².